The first-order valence-corrected chi connectivity index (χ1v) is 8.92. The summed E-state index contributed by atoms with van der Waals surface area (Å²) in [6.45, 7) is 13.0. The van der Waals surface area contributed by atoms with Crippen LogP contribution >= 0.6 is 0 Å². The monoisotopic (exact) mass is 280 g/mol. The van der Waals surface area contributed by atoms with Crippen LogP contribution in [-0.2, 0) is 0 Å². The van der Waals surface area contributed by atoms with Crippen LogP contribution in [0, 0.1) is 17.3 Å². The first-order chi connectivity index (χ1) is 9.47. The summed E-state index contributed by atoms with van der Waals surface area (Å²) in [6.07, 6.45) is 9.44. The summed E-state index contributed by atoms with van der Waals surface area (Å²) in [6, 6.07) is 0. The molecule has 118 valence electrons. The second-order valence-electron chi connectivity index (χ2n) is 8.05. The van der Waals surface area contributed by atoms with E-state index in [9.17, 15) is 0 Å². The minimum atomic E-state index is 0.338. The summed E-state index contributed by atoms with van der Waals surface area (Å²) in [5.41, 5.74) is 7.10. The molecule has 1 aliphatic heterocycles. The fourth-order valence-electron chi connectivity index (χ4n) is 4.47. The van der Waals surface area contributed by atoms with Crippen LogP contribution in [0.5, 0.6) is 0 Å². The number of rotatable bonds is 5. The van der Waals surface area contributed by atoms with E-state index in [4.69, 9.17) is 5.73 Å². The average Bonchev–Trinajstić information content (AvgIpc) is 2.96. The Kier molecular flexibility index (Phi) is 5.18. The van der Waals surface area contributed by atoms with E-state index in [1.54, 1.807) is 0 Å². The second kappa shape index (κ2) is 6.36. The van der Waals surface area contributed by atoms with Gasteiger partial charge in [0.25, 0.3) is 0 Å². The average molecular weight is 281 g/mol. The van der Waals surface area contributed by atoms with Gasteiger partial charge >= 0.3 is 0 Å². The predicted molar refractivity (Wildman–Crippen MR) is 87.8 cm³/mol. The van der Waals surface area contributed by atoms with Gasteiger partial charge in [-0.2, -0.15) is 0 Å². The molecule has 2 nitrogen and oxygen atoms in total. The largest absolute Gasteiger partial charge is 0.329 e. The van der Waals surface area contributed by atoms with Crippen molar-refractivity contribution < 1.29 is 0 Å². The van der Waals surface area contributed by atoms with Gasteiger partial charge in [-0.3, -0.25) is 4.90 Å². The fourth-order valence-corrected chi connectivity index (χ4v) is 4.47. The lowest BCUT2D eigenvalue weighted by molar-refractivity contribution is 0.0286. The van der Waals surface area contributed by atoms with E-state index < -0.39 is 0 Å². The minimum absolute atomic E-state index is 0.338. The van der Waals surface area contributed by atoms with Crippen molar-refractivity contribution in [2.75, 3.05) is 19.6 Å². The van der Waals surface area contributed by atoms with E-state index >= 15 is 0 Å². The topological polar surface area (TPSA) is 29.3 Å². The van der Waals surface area contributed by atoms with Crippen LogP contribution in [0.15, 0.2) is 0 Å². The third kappa shape index (κ3) is 3.06. The van der Waals surface area contributed by atoms with E-state index in [0.717, 1.165) is 18.4 Å². The van der Waals surface area contributed by atoms with Gasteiger partial charge in [-0.15, -0.1) is 0 Å². The van der Waals surface area contributed by atoms with Crippen LogP contribution in [0.4, 0.5) is 0 Å². The van der Waals surface area contributed by atoms with Crippen LogP contribution in [0.25, 0.3) is 0 Å². The Morgan fingerprint density at radius 1 is 1.15 bits per heavy atom. The fraction of sp³-hybridized carbons (Fsp3) is 1.00. The maximum atomic E-state index is 6.25. The molecule has 1 aliphatic carbocycles. The van der Waals surface area contributed by atoms with E-state index in [-0.39, 0.29) is 0 Å². The van der Waals surface area contributed by atoms with E-state index in [2.05, 4.69) is 32.6 Å². The Morgan fingerprint density at radius 2 is 1.80 bits per heavy atom. The molecule has 0 aromatic heterocycles. The highest BCUT2D eigenvalue weighted by Crippen LogP contribution is 2.46. The zero-order valence-corrected chi connectivity index (χ0v) is 14.3. The van der Waals surface area contributed by atoms with E-state index in [1.165, 1.54) is 58.0 Å². The lowest BCUT2D eigenvalue weighted by atomic mass is 9.65. The molecule has 0 amide bonds. The summed E-state index contributed by atoms with van der Waals surface area (Å²) in [7, 11) is 0. The number of likely N-dealkylation sites (tertiary alicyclic amines) is 1. The van der Waals surface area contributed by atoms with Gasteiger partial charge in [0.15, 0.2) is 0 Å². The quantitative estimate of drug-likeness (QED) is 0.823. The lowest BCUT2D eigenvalue weighted by Crippen LogP contribution is -2.55. The normalized spacial score (nSPS) is 36.5. The van der Waals surface area contributed by atoms with Crippen LogP contribution in [0.1, 0.15) is 72.6 Å². The van der Waals surface area contributed by atoms with Crippen LogP contribution < -0.4 is 5.73 Å². The summed E-state index contributed by atoms with van der Waals surface area (Å²) in [4.78, 5) is 2.76. The summed E-state index contributed by atoms with van der Waals surface area (Å²) >= 11 is 0. The van der Waals surface area contributed by atoms with Crippen molar-refractivity contribution in [2.24, 2.45) is 23.0 Å². The molecule has 0 radical (unpaired) electrons. The van der Waals surface area contributed by atoms with Crippen molar-refractivity contribution in [1.29, 1.82) is 0 Å². The molecule has 0 bridgehead atoms. The predicted octanol–water partition coefficient (Wildman–Crippen LogP) is 4.04. The van der Waals surface area contributed by atoms with Gasteiger partial charge in [-0.25, -0.2) is 0 Å². The zero-order chi connectivity index (χ0) is 14.8. The first-order valence-electron chi connectivity index (χ1n) is 8.92. The molecule has 2 heteroatoms. The molecule has 0 aromatic carbocycles. The summed E-state index contributed by atoms with van der Waals surface area (Å²) in [5.74, 6) is 1.82. The van der Waals surface area contributed by atoms with Crippen molar-refractivity contribution in [3.05, 3.63) is 0 Å². The number of hydrogen-bond donors (Lipinski definition) is 1. The van der Waals surface area contributed by atoms with E-state index in [1.807, 2.05) is 0 Å². The van der Waals surface area contributed by atoms with Gasteiger partial charge in [-0.05, 0) is 55.9 Å². The number of nitrogens with zero attached hydrogens (tertiary/aromatic N) is 1. The Morgan fingerprint density at radius 3 is 2.25 bits per heavy atom. The van der Waals surface area contributed by atoms with Gasteiger partial charge in [0.1, 0.15) is 0 Å². The van der Waals surface area contributed by atoms with Crippen molar-refractivity contribution in [3.8, 4) is 0 Å². The number of nitrogens with two attached hydrogens (primary N) is 1. The third-order valence-corrected chi connectivity index (χ3v) is 6.85. The van der Waals surface area contributed by atoms with Gasteiger partial charge in [-0.1, -0.05) is 40.5 Å². The Labute approximate surface area is 126 Å². The molecular weight excluding hydrogens is 244 g/mol. The van der Waals surface area contributed by atoms with Crippen LogP contribution in [0.2, 0.25) is 0 Å². The maximum absolute atomic E-state index is 6.25. The molecule has 0 aromatic rings. The standard InChI is InChI=1S/C18H36N2/c1-5-15-9-12-20(13-15)18(14-19)10-7-16(8-11-18)17(3,4)6-2/h15-16H,5-14,19H2,1-4H3. The van der Waals surface area contributed by atoms with Crippen molar-refractivity contribution >= 4 is 0 Å². The van der Waals surface area contributed by atoms with Gasteiger partial charge in [0.05, 0.1) is 0 Å². The molecule has 1 heterocycles. The summed E-state index contributed by atoms with van der Waals surface area (Å²) in [5, 5.41) is 0. The Balaban J connectivity index is 1.98. The molecular formula is C18H36N2. The Hall–Kier alpha value is -0.0800. The number of hydrogen-bond acceptors (Lipinski definition) is 2. The van der Waals surface area contributed by atoms with Crippen LogP contribution in [-0.4, -0.2) is 30.1 Å². The molecule has 20 heavy (non-hydrogen) atoms. The third-order valence-electron chi connectivity index (χ3n) is 6.85. The zero-order valence-electron chi connectivity index (χ0n) is 14.3. The molecule has 2 N–H and O–H groups in total. The highest BCUT2D eigenvalue weighted by Gasteiger charge is 2.44. The second-order valence-corrected chi connectivity index (χ2v) is 8.05. The van der Waals surface area contributed by atoms with Crippen molar-refractivity contribution in [3.63, 3.8) is 0 Å². The highest BCUT2D eigenvalue weighted by atomic mass is 15.2. The Bertz CT molecular complexity index is 303. The smallest absolute Gasteiger partial charge is 0.0332 e. The van der Waals surface area contributed by atoms with Crippen molar-refractivity contribution in [1.82, 2.24) is 4.90 Å². The van der Waals surface area contributed by atoms with Crippen molar-refractivity contribution in [2.45, 2.75) is 78.2 Å². The highest BCUT2D eigenvalue weighted by molar-refractivity contribution is 5.00. The molecule has 1 atom stereocenters. The molecule has 2 fully saturated rings. The summed E-state index contributed by atoms with van der Waals surface area (Å²) < 4.78 is 0. The molecule has 2 rings (SSSR count). The maximum Gasteiger partial charge on any atom is 0.0332 e. The van der Waals surface area contributed by atoms with Gasteiger partial charge < -0.3 is 5.73 Å². The molecule has 1 saturated heterocycles. The van der Waals surface area contributed by atoms with Crippen LogP contribution in [0.3, 0.4) is 0 Å². The molecule has 1 unspecified atom stereocenters. The minimum Gasteiger partial charge on any atom is -0.329 e. The first kappa shape index (κ1) is 16.3. The molecule has 0 spiro atoms. The molecule has 1 saturated carbocycles. The molecule has 2 aliphatic rings. The van der Waals surface area contributed by atoms with Gasteiger partial charge in [0, 0.05) is 18.6 Å². The van der Waals surface area contributed by atoms with E-state index in [0.29, 0.717) is 11.0 Å². The lowest BCUT2D eigenvalue weighted by Gasteiger charge is -2.49. The SMILES string of the molecule is CCC1CCN(C2(CN)CCC(C(C)(C)CC)CC2)C1. The van der Waals surface area contributed by atoms with Gasteiger partial charge in [0.2, 0.25) is 0 Å².